The molecule has 0 fully saturated rings. The number of anilines is 1. The molecule has 0 aliphatic heterocycles. The van der Waals surface area contributed by atoms with Gasteiger partial charge in [-0.3, -0.25) is 4.79 Å². The molecule has 152 valence electrons. The first-order chi connectivity index (χ1) is 13.6. The molecule has 10 heteroatoms. The zero-order valence-corrected chi connectivity index (χ0v) is 16.0. The average Bonchev–Trinajstić information content (AvgIpc) is 3.07. The smallest absolute Gasteiger partial charge is 0.307 e. The predicted octanol–water partition coefficient (Wildman–Crippen LogP) is 3.79. The van der Waals surface area contributed by atoms with Crippen molar-refractivity contribution < 1.29 is 26.4 Å². The maximum atomic E-state index is 12.6. The van der Waals surface area contributed by atoms with E-state index in [1.807, 2.05) is 31.2 Å². The Morgan fingerprint density at radius 3 is 2.41 bits per heavy atom. The Hall–Kier alpha value is -3.14. The summed E-state index contributed by atoms with van der Waals surface area (Å²) in [6, 6.07) is 12.9. The van der Waals surface area contributed by atoms with Crippen molar-refractivity contribution in [3.8, 4) is 0 Å². The van der Waals surface area contributed by atoms with Crippen molar-refractivity contribution in [3.63, 3.8) is 0 Å². The number of carbonyl (C=O) groups is 1. The van der Waals surface area contributed by atoms with E-state index >= 15 is 0 Å². The predicted molar refractivity (Wildman–Crippen MR) is 100 cm³/mol. The summed E-state index contributed by atoms with van der Waals surface area (Å²) in [7, 11) is -5.46. The summed E-state index contributed by atoms with van der Waals surface area (Å²) in [6.07, 6.45) is 1.50. The topological polar surface area (TPSA) is 81.1 Å². The van der Waals surface area contributed by atoms with Gasteiger partial charge >= 0.3 is 5.51 Å². The van der Waals surface area contributed by atoms with Gasteiger partial charge < -0.3 is 5.32 Å². The van der Waals surface area contributed by atoms with Crippen LogP contribution in [-0.4, -0.2) is 29.6 Å². The highest BCUT2D eigenvalue weighted by Gasteiger charge is 2.46. The Morgan fingerprint density at radius 1 is 1.10 bits per heavy atom. The molecule has 0 bridgehead atoms. The van der Waals surface area contributed by atoms with Gasteiger partial charge in [-0.25, -0.2) is 13.1 Å². The Balaban J connectivity index is 1.76. The first-order valence-electron chi connectivity index (χ1n) is 8.38. The van der Waals surface area contributed by atoms with Gasteiger partial charge in [-0.2, -0.15) is 18.3 Å². The summed E-state index contributed by atoms with van der Waals surface area (Å²) in [5, 5.41) is 6.78. The summed E-state index contributed by atoms with van der Waals surface area (Å²) < 4.78 is 62.2. The lowest BCUT2D eigenvalue weighted by molar-refractivity contribution is -0.0436. The van der Waals surface area contributed by atoms with Crippen LogP contribution in [0.1, 0.15) is 21.5 Å². The van der Waals surface area contributed by atoms with E-state index in [9.17, 15) is 26.4 Å². The Labute approximate surface area is 164 Å². The standard InChI is InChI=1S/C19H16F3N3O3S/c1-13-3-2-4-14(11-13)12-25-17(9-10-23-25)24-18(26)15-5-7-16(8-6-15)29(27,28)19(20,21)22/h2-11H,12H2,1H3,(H,24,26). The number of aromatic nitrogens is 2. The van der Waals surface area contributed by atoms with E-state index in [1.54, 1.807) is 10.7 Å². The van der Waals surface area contributed by atoms with Gasteiger partial charge in [-0.15, -0.1) is 0 Å². The van der Waals surface area contributed by atoms with Crippen LogP contribution >= 0.6 is 0 Å². The second kappa shape index (κ2) is 7.70. The average molecular weight is 423 g/mol. The molecule has 0 saturated heterocycles. The summed E-state index contributed by atoms with van der Waals surface area (Å²) in [5.41, 5.74) is -3.34. The van der Waals surface area contributed by atoms with Crippen molar-refractivity contribution in [1.82, 2.24) is 9.78 Å². The summed E-state index contributed by atoms with van der Waals surface area (Å²) in [6.45, 7) is 2.37. The molecule has 3 aromatic rings. The van der Waals surface area contributed by atoms with Gasteiger partial charge in [-0.05, 0) is 36.8 Å². The highest BCUT2D eigenvalue weighted by atomic mass is 32.2. The van der Waals surface area contributed by atoms with Crippen LogP contribution in [0.3, 0.4) is 0 Å². The molecule has 0 saturated carbocycles. The minimum Gasteiger partial charge on any atom is -0.307 e. The number of amides is 1. The van der Waals surface area contributed by atoms with Crippen LogP contribution < -0.4 is 5.32 Å². The van der Waals surface area contributed by atoms with Gasteiger partial charge in [0.1, 0.15) is 5.82 Å². The fourth-order valence-corrected chi connectivity index (χ4v) is 3.42. The number of halogens is 3. The minimum absolute atomic E-state index is 0.00873. The number of hydrogen-bond acceptors (Lipinski definition) is 4. The Morgan fingerprint density at radius 2 is 1.79 bits per heavy atom. The van der Waals surface area contributed by atoms with Gasteiger partial charge in [0.25, 0.3) is 15.7 Å². The number of nitrogens with one attached hydrogen (secondary N) is 1. The van der Waals surface area contributed by atoms with E-state index < -0.39 is 26.1 Å². The van der Waals surface area contributed by atoms with Crippen LogP contribution in [0.5, 0.6) is 0 Å². The number of sulfone groups is 1. The van der Waals surface area contributed by atoms with Crippen molar-refractivity contribution in [3.05, 3.63) is 77.5 Å². The second-order valence-electron chi connectivity index (χ2n) is 6.29. The van der Waals surface area contributed by atoms with Gasteiger partial charge in [0.05, 0.1) is 17.6 Å². The van der Waals surface area contributed by atoms with Crippen LogP contribution in [0.25, 0.3) is 0 Å². The number of rotatable bonds is 5. The molecule has 0 spiro atoms. The minimum atomic E-state index is -5.46. The van der Waals surface area contributed by atoms with Crippen LogP contribution in [-0.2, 0) is 16.4 Å². The van der Waals surface area contributed by atoms with E-state index in [1.165, 1.54) is 6.20 Å². The van der Waals surface area contributed by atoms with Crippen molar-refractivity contribution in [2.24, 2.45) is 0 Å². The van der Waals surface area contributed by atoms with Crippen LogP contribution in [0, 0.1) is 6.92 Å². The zero-order chi connectivity index (χ0) is 21.2. The molecule has 29 heavy (non-hydrogen) atoms. The number of nitrogens with zero attached hydrogens (tertiary/aromatic N) is 2. The zero-order valence-electron chi connectivity index (χ0n) is 15.1. The van der Waals surface area contributed by atoms with Crippen molar-refractivity contribution in [2.75, 3.05) is 5.32 Å². The normalized spacial score (nSPS) is 12.0. The third-order valence-electron chi connectivity index (χ3n) is 4.10. The van der Waals surface area contributed by atoms with Crippen molar-refractivity contribution in [1.29, 1.82) is 0 Å². The molecule has 0 aliphatic carbocycles. The molecular formula is C19H16F3N3O3S. The van der Waals surface area contributed by atoms with Gasteiger partial charge in [0, 0.05) is 11.6 Å². The monoisotopic (exact) mass is 423 g/mol. The van der Waals surface area contributed by atoms with E-state index in [0.29, 0.717) is 12.4 Å². The quantitative estimate of drug-likeness (QED) is 0.677. The van der Waals surface area contributed by atoms with Crippen molar-refractivity contribution in [2.45, 2.75) is 23.9 Å². The Bertz CT molecular complexity index is 1140. The Kier molecular flexibility index (Phi) is 5.47. The number of hydrogen-bond donors (Lipinski definition) is 1. The summed E-state index contributed by atoms with van der Waals surface area (Å²) >= 11 is 0. The molecule has 1 aromatic heterocycles. The number of benzene rings is 2. The number of aryl methyl sites for hydroxylation is 1. The largest absolute Gasteiger partial charge is 0.501 e. The fraction of sp³-hybridized carbons (Fsp3) is 0.158. The molecular weight excluding hydrogens is 407 g/mol. The molecule has 0 atom stereocenters. The first-order valence-corrected chi connectivity index (χ1v) is 9.86. The highest BCUT2D eigenvalue weighted by Crippen LogP contribution is 2.30. The molecule has 0 aliphatic rings. The number of carbonyl (C=O) groups excluding carboxylic acids is 1. The summed E-state index contributed by atoms with van der Waals surface area (Å²) in [4.78, 5) is 11.5. The molecule has 0 unspecified atom stereocenters. The lowest BCUT2D eigenvalue weighted by atomic mass is 10.1. The molecule has 1 heterocycles. The maximum absolute atomic E-state index is 12.6. The maximum Gasteiger partial charge on any atom is 0.501 e. The van der Waals surface area contributed by atoms with Gasteiger partial charge in [0.2, 0.25) is 0 Å². The molecule has 2 aromatic carbocycles. The van der Waals surface area contributed by atoms with Crippen LogP contribution in [0.15, 0.2) is 65.7 Å². The molecule has 3 rings (SSSR count). The van der Waals surface area contributed by atoms with E-state index in [4.69, 9.17) is 0 Å². The van der Waals surface area contributed by atoms with Gasteiger partial charge in [-0.1, -0.05) is 29.8 Å². The van der Waals surface area contributed by atoms with Gasteiger partial charge in [0.15, 0.2) is 0 Å². The second-order valence-corrected chi connectivity index (χ2v) is 8.23. The van der Waals surface area contributed by atoms with E-state index in [-0.39, 0.29) is 5.56 Å². The lowest BCUT2D eigenvalue weighted by Gasteiger charge is -2.11. The van der Waals surface area contributed by atoms with E-state index in [0.717, 1.165) is 35.4 Å². The number of alkyl halides is 3. The molecule has 6 nitrogen and oxygen atoms in total. The molecule has 0 radical (unpaired) electrons. The SMILES string of the molecule is Cc1cccc(Cn2nccc2NC(=O)c2ccc(S(=O)(=O)C(F)(F)F)cc2)c1. The van der Waals surface area contributed by atoms with Crippen LogP contribution in [0.2, 0.25) is 0 Å². The fourth-order valence-electron chi connectivity index (χ4n) is 2.66. The van der Waals surface area contributed by atoms with Crippen molar-refractivity contribution >= 4 is 21.6 Å². The third-order valence-corrected chi connectivity index (χ3v) is 5.61. The third kappa shape index (κ3) is 4.48. The first kappa shape index (κ1) is 20.6. The lowest BCUT2D eigenvalue weighted by Crippen LogP contribution is -2.23. The summed E-state index contributed by atoms with van der Waals surface area (Å²) in [5.74, 6) is -0.213. The molecule has 1 N–H and O–H groups in total. The molecule has 1 amide bonds. The highest BCUT2D eigenvalue weighted by molar-refractivity contribution is 7.92. The van der Waals surface area contributed by atoms with E-state index in [2.05, 4.69) is 10.4 Å². The van der Waals surface area contributed by atoms with Crippen LogP contribution in [0.4, 0.5) is 19.0 Å².